The van der Waals surface area contributed by atoms with Crippen molar-refractivity contribution in [2.45, 2.75) is 18.7 Å². The van der Waals surface area contributed by atoms with E-state index >= 15 is 0 Å². The van der Waals surface area contributed by atoms with Crippen molar-refractivity contribution in [3.05, 3.63) is 34.3 Å². The van der Waals surface area contributed by atoms with Crippen LogP contribution in [0.25, 0.3) is 0 Å². The Labute approximate surface area is 124 Å². The standard InChI is InChI=1S/C11H10ClN3O3S2/c1-6-5-8(3-4-9(6)20(12,17)18)13-11(16)10-7(2)14-15-19-10/h3-5H,1-2H3,(H,13,16). The lowest BCUT2D eigenvalue weighted by Crippen LogP contribution is -2.12. The van der Waals surface area contributed by atoms with Gasteiger partial charge in [-0.05, 0) is 49.1 Å². The zero-order valence-corrected chi connectivity index (χ0v) is 12.9. The van der Waals surface area contributed by atoms with Gasteiger partial charge in [0.25, 0.3) is 15.0 Å². The van der Waals surface area contributed by atoms with Gasteiger partial charge in [-0.2, -0.15) is 0 Å². The van der Waals surface area contributed by atoms with Gasteiger partial charge in [0.2, 0.25) is 0 Å². The number of nitrogens with zero attached hydrogens (tertiary/aromatic N) is 2. The van der Waals surface area contributed by atoms with Gasteiger partial charge in [-0.25, -0.2) is 8.42 Å². The lowest BCUT2D eigenvalue weighted by molar-refractivity contribution is 0.103. The van der Waals surface area contributed by atoms with E-state index in [0.29, 0.717) is 21.8 Å². The average molecular weight is 332 g/mol. The summed E-state index contributed by atoms with van der Waals surface area (Å²) in [6, 6.07) is 4.37. The fraction of sp³-hybridized carbons (Fsp3) is 0.182. The first kappa shape index (κ1) is 14.9. The lowest BCUT2D eigenvalue weighted by Gasteiger charge is -2.07. The summed E-state index contributed by atoms with van der Waals surface area (Å²) in [6.07, 6.45) is 0. The molecule has 106 valence electrons. The highest BCUT2D eigenvalue weighted by Crippen LogP contribution is 2.23. The van der Waals surface area contributed by atoms with Crippen LogP contribution in [-0.2, 0) is 9.05 Å². The summed E-state index contributed by atoms with van der Waals surface area (Å²) in [5.74, 6) is -0.335. The number of aromatic nitrogens is 2. The van der Waals surface area contributed by atoms with Gasteiger partial charge in [0, 0.05) is 16.4 Å². The first-order valence-electron chi connectivity index (χ1n) is 5.44. The maximum absolute atomic E-state index is 12.0. The third kappa shape index (κ3) is 3.14. The highest BCUT2D eigenvalue weighted by atomic mass is 35.7. The topological polar surface area (TPSA) is 89.0 Å². The Hall–Kier alpha value is -1.51. The van der Waals surface area contributed by atoms with Gasteiger partial charge in [0.15, 0.2) is 0 Å². The molecule has 1 amide bonds. The van der Waals surface area contributed by atoms with Crippen LogP contribution in [0.5, 0.6) is 0 Å². The molecule has 0 radical (unpaired) electrons. The Morgan fingerprint density at radius 1 is 1.35 bits per heavy atom. The predicted molar refractivity (Wildman–Crippen MR) is 76.8 cm³/mol. The Morgan fingerprint density at radius 2 is 2.05 bits per heavy atom. The number of hydrogen-bond acceptors (Lipinski definition) is 6. The lowest BCUT2D eigenvalue weighted by atomic mass is 10.2. The number of carbonyl (C=O) groups is 1. The van der Waals surface area contributed by atoms with Gasteiger partial charge in [0.05, 0.1) is 10.6 Å². The van der Waals surface area contributed by atoms with E-state index in [-0.39, 0.29) is 10.8 Å². The number of benzene rings is 1. The van der Waals surface area contributed by atoms with Gasteiger partial charge in [0.1, 0.15) is 4.88 Å². The summed E-state index contributed by atoms with van der Waals surface area (Å²) >= 11 is 0.998. The summed E-state index contributed by atoms with van der Waals surface area (Å²) in [5, 5.41) is 6.41. The van der Waals surface area contributed by atoms with Crippen molar-refractivity contribution in [1.29, 1.82) is 0 Å². The molecule has 0 fully saturated rings. The largest absolute Gasteiger partial charge is 0.321 e. The highest BCUT2D eigenvalue weighted by Gasteiger charge is 2.16. The highest BCUT2D eigenvalue weighted by molar-refractivity contribution is 8.13. The second-order valence-corrected chi connectivity index (χ2v) is 7.35. The molecule has 2 aromatic rings. The zero-order chi connectivity index (χ0) is 14.9. The van der Waals surface area contributed by atoms with Crippen LogP contribution < -0.4 is 5.32 Å². The second-order valence-electron chi connectivity index (χ2n) is 4.06. The Morgan fingerprint density at radius 3 is 2.55 bits per heavy atom. The van der Waals surface area contributed by atoms with E-state index in [9.17, 15) is 13.2 Å². The quantitative estimate of drug-likeness (QED) is 0.872. The second kappa shape index (κ2) is 5.47. The van der Waals surface area contributed by atoms with Crippen molar-refractivity contribution in [1.82, 2.24) is 9.59 Å². The maximum atomic E-state index is 12.0. The van der Waals surface area contributed by atoms with E-state index in [1.807, 2.05) is 0 Å². The number of amides is 1. The van der Waals surface area contributed by atoms with Crippen LogP contribution in [0.4, 0.5) is 5.69 Å². The summed E-state index contributed by atoms with van der Waals surface area (Å²) < 4.78 is 26.2. The van der Waals surface area contributed by atoms with Crippen molar-refractivity contribution >= 4 is 42.9 Å². The molecule has 1 aromatic carbocycles. The molecule has 0 saturated heterocycles. The van der Waals surface area contributed by atoms with E-state index in [2.05, 4.69) is 14.9 Å². The monoisotopic (exact) mass is 331 g/mol. The average Bonchev–Trinajstić information content (AvgIpc) is 2.73. The summed E-state index contributed by atoms with van der Waals surface area (Å²) in [4.78, 5) is 12.4. The van der Waals surface area contributed by atoms with Crippen molar-refractivity contribution in [3.8, 4) is 0 Å². The fourth-order valence-electron chi connectivity index (χ4n) is 1.63. The molecule has 0 spiro atoms. The SMILES string of the molecule is Cc1cc(NC(=O)c2snnc2C)ccc1S(=O)(=O)Cl. The summed E-state index contributed by atoms with van der Waals surface area (Å²) in [6.45, 7) is 3.29. The van der Waals surface area contributed by atoms with Gasteiger partial charge in [-0.3, -0.25) is 4.79 Å². The van der Waals surface area contributed by atoms with E-state index in [4.69, 9.17) is 10.7 Å². The van der Waals surface area contributed by atoms with Gasteiger partial charge < -0.3 is 5.32 Å². The molecular formula is C11H10ClN3O3S2. The first-order chi connectivity index (χ1) is 9.29. The minimum atomic E-state index is -3.79. The molecule has 0 aliphatic carbocycles. The van der Waals surface area contributed by atoms with Crippen LogP contribution in [0.2, 0.25) is 0 Å². The minimum Gasteiger partial charge on any atom is -0.321 e. The predicted octanol–water partition coefficient (Wildman–Crippen LogP) is 2.33. The van der Waals surface area contributed by atoms with Crippen LogP contribution in [0.1, 0.15) is 20.9 Å². The summed E-state index contributed by atoms with van der Waals surface area (Å²) in [5.41, 5.74) is 1.48. The molecule has 2 rings (SSSR count). The smallest absolute Gasteiger partial charge is 0.269 e. The molecule has 0 bridgehead atoms. The molecule has 20 heavy (non-hydrogen) atoms. The Bertz CT molecular complexity index is 771. The van der Waals surface area contributed by atoms with Gasteiger partial charge in [-0.1, -0.05) is 4.49 Å². The molecule has 1 N–H and O–H groups in total. The Balaban J connectivity index is 2.26. The number of hydrogen-bond donors (Lipinski definition) is 1. The zero-order valence-electron chi connectivity index (χ0n) is 10.5. The van der Waals surface area contributed by atoms with E-state index < -0.39 is 9.05 Å². The van der Waals surface area contributed by atoms with Crippen LogP contribution in [0.15, 0.2) is 23.1 Å². The number of carbonyl (C=O) groups excluding carboxylic acids is 1. The molecule has 9 heteroatoms. The van der Waals surface area contributed by atoms with Crippen LogP contribution >= 0.6 is 22.2 Å². The molecule has 1 heterocycles. The fourth-order valence-corrected chi connectivity index (χ4v) is 3.37. The molecule has 1 aromatic heterocycles. The number of rotatable bonds is 3. The number of aryl methyl sites for hydroxylation is 2. The first-order valence-corrected chi connectivity index (χ1v) is 8.53. The van der Waals surface area contributed by atoms with Crippen LogP contribution in [0, 0.1) is 13.8 Å². The maximum Gasteiger partial charge on any atom is 0.269 e. The van der Waals surface area contributed by atoms with Crippen LogP contribution in [-0.4, -0.2) is 23.9 Å². The third-order valence-electron chi connectivity index (χ3n) is 2.55. The normalized spacial score (nSPS) is 11.3. The molecule has 0 unspecified atom stereocenters. The van der Waals surface area contributed by atoms with Crippen molar-refractivity contribution < 1.29 is 13.2 Å². The van der Waals surface area contributed by atoms with Crippen molar-refractivity contribution in [2.75, 3.05) is 5.32 Å². The van der Waals surface area contributed by atoms with E-state index in [1.165, 1.54) is 18.2 Å². The minimum absolute atomic E-state index is 0.0211. The van der Waals surface area contributed by atoms with Crippen LogP contribution in [0.3, 0.4) is 0 Å². The van der Waals surface area contributed by atoms with Gasteiger partial charge >= 0.3 is 0 Å². The Kier molecular flexibility index (Phi) is 4.07. The number of anilines is 1. The molecule has 0 saturated carbocycles. The van der Waals surface area contributed by atoms with Gasteiger partial charge in [-0.15, -0.1) is 5.10 Å². The van der Waals surface area contributed by atoms with Crippen molar-refractivity contribution in [2.24, 2.45) is 0 Å². The van der Waals surface area contributed by atoms with Crippen molar-refractivity contribution in [3.63, 3.8) is 0 Å². The van der Waals surface area contributed by atoms with E-state index in [1.54, 1.807) is 13.8 Å². The molecular weight excluding hydrogens is 322 g/mol. The molecule has 0 atom stereocenters. The van der Waals surface area contributed by atoms with E-state index in [0.717, 1.165) is 11.5 Å². The number of halogens is 1. The summed E-state index contributed by atoms with van der Waals surface area (Å²) in [7, 11) is 1.51. The molecule has 0 aliphatic heterocycles. The molecule has 6 nitrogen and oxygen atoms in total. The number of nitrogens with one attached hydrogen (secondary N) is 1. The third-order valence-corrected chi connectivity index (χ3v) is 4.86. The molecule has 0 aliphatic rings.